The number of thioether (sulfide) groups is 1. The summed E-state index contributed by atoms with van der Waals surface area (Å²) < 4.78 is 5.06. The number of aliphatic hydroxyl groups is 1. The summed E-state index contributed by atoms with van der Waals surface area (Å²) in [6.45, 7) is 3.82. The Morgan fingerprint density at radius 3 is 2.21 bits per heavy atom. The molecule has 0 fully saturated rings. The Kier molecular flexibility index (Phi) is 4.29. The zero-order valence-electron chi connectivity index (χ0n) is 8.73. The molecule has 2 atom stereocenters. The van der Waals surface area contributed by atoms with Crippen molar-refractivity contribution in [2.45, 2.75) is 30.1 Å². The van der Waals surface area contributed by atoms with Gasteiger partial charge in [-0.2, -0.15) is 0 Å². The lowest BCUT2D eigenvalue weighted by atomic mass is 10.3. The van der Waals surface area contributed by atoms with E-state index in [1.165, 1.54) is 0 Å². The van der Waals surface area contributed by atoms with Crippen molar-refractivity contribution in [2.24, 2.45) is 0 Å². The number of rotatable bonds is 4. The first kappa shape index (κ1) is 11.4. The lowest BCUT2D eigenvalue weighted by Crippen LogP contribution is -2.14. The van der Waals surface area contributed by atoms with Gasteiger partial charge in [-0.1, -0.05) is 6.92 Å². The normalized spacial score (nSPS) is 14.9. The molecule has 0 saturated carbocycles. The molecule has 2 nitrogen and oxygen atoms in total. The largest absolute Gasteiger partial charge is 0.497 e. The minimum Gasteiger partial charge on any atom is -0.497 e. The summed E-state index contributed by atoms with van der Waals surface area (Å²) in [6, 6.07) is 7.86. The second-order valence-electron chi connectivity index (χ2n) is 3.24. The first-order chi connectivity index (χ1) is 6.63. The van der Waals surface area contributed by atoms with E-state index in [4.69, 9.17) is 4.74 Å². The van der Waals surface area contributed by atoms with Crippen LogP contribution in [0.4, 0.5) is 0 Å². The first-order valence-corrected chi connectivity index (χ1v) is 5.50. The van der Waals surface area contributed by atoms with Gasteiger partial charge in [0.1, 0.15) is 5.75 Å². The summed E-state index contributed by atoms with van der Waals surface area (Å²) in [5.41, 5.74) is 0. The van der Waals surface area contributed by atoms with E-state index in [-0.39, 0.29) is 11.4 Å². The summed E-state index contributed by atoms with van der Waals surface area (Å²) in [5.74, 6) is 0.860. The van der Waals surface area contributed by atoms with Gasteiger partial charge in [0.15, 0.2) is 0 Å². The number of ether oxygens (including phenoxy) is 1. The second-order valence-corrected chi connectivity index (χ2v) is 4.69. The highest BCUT2D eigenvalue weighted by Gasteiger charge is 2.09. The zero-order chi connectivity index (χ0) is 10.6. The van der Waals surface area contributed by atoms with Gasteiger partial charge in [-0.15, -0.1) is 11.8 Å². The van der Waals surface area contributed by atoms with E-state index in [1.54, 1.807) is 25.8 Å². The smallest absolute Gasteiger partial charge is 0.118 e. The summed E-state index contributed by atoms with van der Waals surface area (Å²) in [5, 5.41) is 9.55. The average molecular weight is 212 g/mol. The molecule has 0 aliphatic carbocycles. The fourth-order valence-electron chi connectivity index (χ4n) is 0.967. The maximum absolute atomic E-state index is 9.34. The highest BCUT2D eigenvalue weighted by Crippen LogP contribution is 2.26. The number of hydrogen-bond acceptors (Lipinski definition) is 3. The molecule has 1 rings (SSSR count). The van der Waals surface area contributed by atoms with Crippen LogP contribution in [0.25, 0.3) is 0 Å². The molecule has 78 valence electrons. The highest BCUT2D eigenvalue weighted by atomic mass is 32.2. The zero-order valence-corrected chi connectivity index (χ0v) is 9.54. The quantitative estimate of drug-likeness (QED) is 0.778. The molecule has 1 aromatic rings. The van der Waals surface area contributed by atoms with E-state index < -0.39 is 0 Å². The van der Waals surface area contributed by atoms with E-state index in [0.717, 1.165) is 10.6 Å². The van der Waals surface area contributed by atoms with Crippen molar-refractivity contribution < 1.29 is 9.84 Å². The van der Waals surface area contributed by atoms with E-state index in [1.807, 2.05) is 31.2 Å². The molecule has 0 bridgehead atoms. The Morgan fingerprint density at radius 1 is 1.21 bits per heavy atom. The summed E-state index contributed by atoms with van der Waals surface area (Å²) in [6.07, 6.45) is -0.290. The van der Waals surface area contributed by atoms with Crippen LogP contribution in [0.15, 0.2) is 29.2 Å². The fraction of sp³-hybridized carbons (Fsp3) is 0.455. The Labute approximate surface area is 89.3 Å². The van der Waals surface area contributed by atoms with Gasteiger partial charge in [0.25, 0.3) is 0 Å². The molecule has 0 aromatic heterocycles. The first-order valence-electron chi connectivity index (χ1n) is 4.62. The standard InChI is InChI=1S/C11H16O2S/c1-8(12)9(2)14-11-6-4-10(13-3)5-7-11/h4-9,12H,1-3H3. The fourth-order valence-corrected chi connectivity index (χ4v) is 1.89. The topological polar surface area (TPSA) is 29.5 Å². The Balaban J connectivity index is 2.59. The van der Waals surface area contributed by atoms with Crippen LogP contribution >= 0.6 is 11.8 Å². The monoisotopic (exact) mass is 212 g/mol. The Hall–Kier alpha value is -0.670. The minimum absolute atomic E-state index is 0.211. The molecule has 0 saturated heterocycles. The van der Waals surface area contributed by atoms with Crippen LogP contribution in [-0.4, -0.2) is 23.6 Å². The van der Waals surface area contributed by atoms with Gasteiger partial charge in [-0.25, -0.2) is 0 Å². The molecule has 0 aliphatic rings. The van der Waals surface area contributed by atoms with Crippen molar-refractivity contribution in [3.63, 3.8) is 0 Å². The Bertz CT molecular complexity index is 269. The van der Waals surface area contributed by atoms with Gasteiger partial charge in [0.05, 0.1) is 13.2 Å². The van der Waals surface area contributed by atoms with E-state index >= 15 is 0 Å². The molecule has 0 spiro atoms. The lowest BCUT2D eigenvalue weighted by Gasteiger charge is -2.13. The van der Waals surface area contributed by atoms with Crippen molar-refractivity contribution in [3.05, 3.63) is 24.3 Å². The maximum Gasteiger partial charge on any atom is 0.118 e. The number of aliphatic hydroxyl groups excluding tert-OH is 1. The van der Waals surface area contributed by atoms with Gasteiger partial charge in [0.2, 0.25) is 0 Å². The van der Waals surface area contributed by atoms with Crippen LogP contribution < -0.4 is 4.74 Å². The highest BCUT2D eigenvalue weighted by molar-refractivity contribution is 8.00. The summed E-state index contributed by atoms with van der Waals surface area (Å²) in [7, 11) is 1.65. The van der Waals surface area contributed by atoms with Crippen molar-refractivity contribution >= 4 is 11.8 Å². The molecule has 1 aromatic carbocycles. The molecule has 2 unspecified atom stereocenters. The molecular weight excluding hydrogens is 196 g/mol. The van der Waals surface area contributed by atoms with E-state index in [2.05, 4.69) is 0 Å². The van der Waals surface area contributed by atoms with Crippen LogP contribution in [0.5, 0.6) is 5.75 Å². The molecule has 0 radical (unpaired) electrons. The van der Waals surface area contributed by atoms with Crippen molar-refractivity contribution in [2.75, 3.05) is 7.11 Å². The van der Waals surface area contributed by atoms with Crippen LogP contribution in [0.1, 0.15) is 13.8 Å². The predicted octanol–water partition coefficient (Wildman–Crippen LogP) is 2.56. The SMILES string of the molecule is COc1ccc(SC(C)C(C)O)cc1. The Morgan fingerprint density at radius 2 is 1.79 bits per heavy atom. The predicted molar refractivity (Wildman–Crippen MR) is 60.0 cm³/mol. The van der Waals surface area contributed by atoms with Gasteiger partial charge in [-0.3, -0.25) is 0 Å². The number of benzene rings is 1. The average Bonchev–Trinajstić information content (AvgIpc) is 2.19. The van der Waals surface area contributed by atoms with Crippen LogP contribution in [0.3, 0.4) is 0 Å². The third-order valence-corrected chi connectivity index (χ3v) is 3.37. The number of hydrogen-bond donors (Lipinski definition) is 1. The van der Waals surface area contributed by atoms with Crippen LogP contribution in [0, 0.1) is 0 Å². The van der Waals surface area contributed by atoms with Crippen molar-refractivity contribution in [3.8, 4) is 5.75 Å². The van der Waals surface area contributed by atoms with Gasteiger partial charge in [0, 0.05) is 10.1 Å². The minimum atomic E-state index is -0.290. The van der Waals surface area contributed by atoms with E-state index in [9.17, 15) is 5.11 Å². The maximum atomic E-state index is 9.34. The van der Waals surface area contributed by atoms with Gasteiger partial charge < -0.3 is 9.84 Å². The number of methoxy groups -OCH3 is 1. The second kappa shape index (κ2) is 5.27. The molecule has 14 heavy (non-hydrogen) atoms. The van der Waals surface area contributed by atoms with Crippen molar-refractivity contribution in [1.29, 1.82) is 0 Å². The molecule has 0 amide bonds. The van der Waals surface area contributed by atoms with Crippen molar-refractivity contribution in [1.82, 2.24) is 0 Å². The molecule has 0 heterocycles. The molecule has 3 heteroatoms. The van der Waals surface area contributed by atoms with E-state index in [0.29, 0.717) is 0 Å². The molecular formula is C11H16O2S. The van der Waals surface area contributed by atoms with Gasteiger partial charge in [-0.05, 0) is 31.2 Å². The van der Waals surface area contributed by atoms with Crippen LogP contribution in [0.2, 0.25) is 0 Å². The molecule has 1 N–H and O–H groups in total. The summed E-state index contributed by atoms with van der Waals surface area (Å²) in [4.78, 5) is 1.15. The van der Waals surface area contributed by atoms with Crippen LogP contribution in [-0.2, 0) is 0 Å². The third kappa shape index (κ3) is 3.24. The third-order valence-electron chi connectivity index (χ3n) is 2.06. The molecule has 0 aliphatic heterocycles. The van der Waals surface area contributed by atoms with Gasteiger partial charge >= 0.3 is 0 Å². The lowest BCUT2D eigenvalue weighted by molar-refractivity contribution is 0.196. The summed E-state index contributed by atoms with van der Waals surface area (Å²) >= 11 is 1.67.